The molecule has 0 radical (unpaired) electrons. The summed E-state index contributed by atoms with van der Waals surface area (Å²) in [6, 6.07) is 2.26. The number of pyridine rings is 1. The summed E-state index contributed by atoms with van der Waals surface area (Å²) >= 11 is 12.0. The van der Waals surface area contributed by atoms with Gasteiger partial charge in [-0.3, -0.25) is 4.90 Å². The van der Waals surface area contributed by atoms with E-state index in [0.29, 0.717) is 22.3 Å². The van der Waals surface area contributed by atoms with Crippen LogP contribution in [0.5, 0.6) is 0 Å². The second-order valence-corrected chi connectivity index (χ2v) is 5.77. The van der Waals surface area contributed by atoms with E-state index in [1.165, 1.54) is 19.3 Å². The van der Waals surface area contributed by atoms with Crippen molar-refractivity contribution in [1.29, 1.82) is 0 Å². The lowest BCUT2D eigenvalue weighted by Gasteiger charge is -2.37. The number of fused-ring (bicyclic) bond motifs is 1. The minimum Gasteiger partial charge on any atom is -0.375 e. The first-order chi connectivity index (χ1) is 8.74. The lowest BCUT2D eigenvalue weighted by Crippen LogP contribution is -2.47. The molecule has 5 heteroatoms. The highest BCUT2D eigenvalue weighted by molar-refractivity contribution is 6.34. The molecule has 0 aromatic carbocycles. The highest BCUT2D eigenvalue weighted by atomic mass is 35.5. The SMILES string of the molecule is Clc1cc(Cl)c(CN2CCOC3CCCC32)cn1. The average molecular weight is 287 g/mol. The lowest BCUT2D eigenvalue weighted by atomic mass is 10.1. The summed E-state index contributed by atoms with van der Waals surface area (Å²) in [5.41, 5.74) is 1.05. The highest BCUT2D eigenvalue weighted by Crippen LogP contribution is 2.31. The molecular weight excluding hydrogens is 271 g/mol. The molecule has 98 valence electrons. The van der Waals surface area contributed by atoms with Crippen molar-refractivity contribution in [1.82, 2.24) is 9.88 Å². The number of halogens is 2. The van der Waals surface area contributed by atoms with Crippen LogP contribution in [0.4, 0.5) is 0 Å². The molecule has 2 atom stereocenters. The van der Waals surface area contributed by atoms with Gasteiger partial charge in [-0.25, -0.2) is 4.98 Å². The van der Waals surface area contributed by atoms with Gasteiger partial charge in [0.2, 0.25) is 0 Å². The maximum absolute atomic E-state index is 6.21. The van der Waals surface area contributed by atoms with Gasteiger partial charge in [0.05, 0.1) is 12.7 Å². The largest absolute Gasteiger partial charge is 0.375 e. The summed E-state index contributed by atoms with van der Waals surface area (Å²) in [4.78, 5) is 6.58. The average Bonchev–Trinajstić information content (AvgIpc) is 2.82. The van der Waals surface area contributed by atoms with Gasteiger partial charge in [-0.15, -0.1) is 0 Å². The molecule has 1 saturated heterocycles. The Morgan fingerprint density at radius 2 is 2.28 bits per heavy atom. The molecule has 2 heterocycles. The highest BCUT2D eigenvalue weighted by Gasteiger charge is 2.35. The van der Waals surface area contributed by atoms with Gasteiger partial charge < -0.3 is 4.74 Å². The van der Waals surface area contributed by atoms with Gasteiger partial charge in [0.15, 0.2) is 0 Å². The van der Waals surface area contributed by atoms with Crippen LogP contribution in [-0.2, 0) is 11.3 Å². The van der Waals surface area contributed by atoms with Crippen LogP contribution in [0.25, 0.3) is 0 Å². The van der Waals surface area contributed by atoms with Crippen LogP contribution < -0.4 is 0 Å². The van der Waals surface area contributed by atoms with Crippen molar-refractivity contribution in [3.8, 4) is 0 Å². The summed E-state index contributed by atoms with van der Waals surface area (Å²) < 4.78 is 5.81. The molecule has 1 saturated carbocycles. The monoisotopic (exact) mass is 286 g/mol. The van der Waals surface area contributed by atoms with Crippen LogP contribution in [-0.4, -0.2) is 35.2 Å². The van der Waals surface area contributed by atoms with Crippen molar-refractivity contribution in [2.75, 3.05) is 13.2 Å². The number of morpholine rings is 1. The second kappa shape index (κ2) is 5.33. The molecule has 0 amide bonds. The first-order valence-corrected chi connectivity index (χ1v) is 7.15. The molecule has 2 fully saturated rings. The first kappa shape index (κ1) is 12.7. The van der Waals surface area contributed by atoms with Gasteiger partial charge in [-0.2, -0.15) is 0 Å². The minimum atomic E-state index is 0.415. The third-order valence-electron chi connectivity index (χ3n) is 3.87. The standard InChI is InChI=1S/C13H16Cl2N2O/c14-10-6-13(15)16-7-9(10)8-17-4-5-18-12-3-1-2-11(12)17/h6-7,11-12H,1-5,8H2. The van der Waals surface area contributed by atoms with Gasteiger partial charge >= 0.3 is 0 Å². The number of ether oxygens (including phenoxy) is 1. The van der Waals surface area contributed by atoms with E-state index in [1.54, 1.807) is 12.3 Å². The number of hydrogen-bond acceptors (Lipinski definition) is 3. The van der Waals surface area contributed by atoms with Crippen molar-refractivity contribution < 1.29 is 4.74 Å². The molecule has 0 spiro atoms. The molecular formula is C13H16Cl2N2O. The molecule has 1 aromatic heterocycles. The van der Waals surface area contributed by atoms with Crippen molar-refractivity contribution in [2.24, 2.45) is 0 Å². The van der Waals surface area contributed by atoms with Crippen molar-refractivity contribution >= 4 is 23.2 Å². The van der Waals surface area contributed by atoms with Gasteiger partial charge in [0.1, 0.15) is 5.15 Å². The van der Waals surface area contributed by atoms with E-state index >= 15 is 0 Å². The summed E-state index contributed by atoms with van der Waals surface area (Å²) in [7, 11) is 0. The fraction of sp³-hybridized carbons (Fsp3) is 0.615. The van der Waals surface area contributed by atoms with E-state index in [4.69, 9.17) is 27.9 Å². The molecule has 1 aliphatic carbocycles. The quantitative estimate of drug-likeness (QED) is 0.781. The van der Waals surface area contributed by atoms with E-state index in [0.717, 1.165) is 25.3 Å². The van der Waals surface area contributed by atoms with E-state index in [-0.39, 0.29) is 0 Å². The fourth-order valence-electron chi connectivity index (χ4n) is 2.97. The van der Waals surface area contributed by atoms with Crippen LogP contribution >= 0.6 is 23.2 Å². The van der Waals surface area contributed by atoms with Crippen LogP contribution in [0, 0.1) is 0 Å². The number of rotatable bonds is 2. The van der Waals surface area contributed by atoms with Gasteiger partial charge in [-0.05, 0) is 25.3 Å². The Bertz CT molecular complexity index is 441. The molecule has 1 aliphatic heterocycles. The predicted molar refractivity (Wildman–Crippen MR) is 72.0 cm³/mol. The van der Waals surface area contributed by atoms with E-state index in [2.05, 4.69) is 9.88 Å². The maximum Gasteiger partial charge on any atom is 0.130 e. The Morgan fingerprint density at radius 1 is 1.39 bits per heavy atom. The first-order valence-electron chi connectivity index (χ1n) is 6.39. The Morgan fingerprint density at radius 3 is 3.11 bits per heavy atom. The topological polar surface area (TPSA) is 25.4 Å². The van der Waals surface area contributed by atoms with E-state index < -0.39 is 0 Å². The van der Waals surface area contributed by atoms with Gasteiger partial charge in [0, 0.05) is 35.9 Å². The Hall–Kier alpha value is -0.350. The molecule has 18 heavy (non-hydrogen) atoms. The Kier molecular flexibility index (Phi) is 3.76. The van der Waals surface area contributed by atoms with Gasteiger partial charge in [-0.1, -0.05) is 23.2 Å². The predicted octanol–water partition coefficient (Wildman–Crippen LogP) is 3.14. The van der Waals surface area contributed by atoms with Gasteiger partial charge in [0.25, 0.3) is 0 Å². The van der Waals surface area contributed by atoms with Crippen molar-refractivity contribution in [3.05, 3.63) is 28.0 Å². The molecule has 0 bridgehead atoms. The summed E-state index contributed by atoms with van der Waals surface area (Å²) in [6.45, 7) is 2.63. The number of hydrogen-bond donors (Lipinski definition) is 0. The molecule has 3 nitrogen and oxygen atoms in total. The zero-order valence-electron chi connectivity index (χ0n) is 10.1. The summed E-state index contributed by atoms with van der Waals surface area (Å²) in [6.07, 6.45) is 5.87. The maximum atomic E-state index is 6.21. The fourth-order valence-corrected chi connectivity index (χ4v) is 3.40. The molecule has 1 aromatic rings. The number of aromatic nitrogens is 1. The molecule has 3 rings (SSSR count). The molecule has 2 aliphatic rings. The zero-order valence-corrected chi connectivity index (χ0v) is 11.6. The molecule has 2 unspecified atom stereocenters. The smallest absolute Gasteiger partial charge is 0.130 e. The summed E-state index contributed by atoms with van der Waals surface area (Å²) in [5, 5.41) is 1.15. The van der Waals surface area contributed by atoms with Crippen LogP contribution in [0.1, 0.15) is 24.8 Å². The zero-order chi connectivity index (χ0) is 12.5. The van der Waals surface area contributed by atoms with Crippen LogP contribution in [0.3, 0.4) is 0 Å². The number of nitrogens with zero attached hydrogens (tertiary/aromatic N) is 2. The van der Waals surface area contributed by atoms with E-state index in [9.17, 15) is 0 Å². The van der Waals surface area contributed by atoms with Crippen molar-refractivity contribution in [2.45, 2.75) is 38.0 Å². The second-order valence-electron chi connectivity index (χ2n) is 4.98. The van der Waals surface area contributed by atoms with Crippen LogP contribution in [0.2, 0.25) is 10.2 Å². The normalized spacial score (nSPS) is 28.3. The van der Waals surface area contributed by atoms with Crippen LogP contribution in [0.15, 0.2) is 12.3 Å². The third-order valence-corrected chi connectivity index (χ3v) is 4.43. The summed E-state index contributed by atoms with van der Waals surface area (Å²) in [5.74, 6) is 0. The molecule has 0 N–H and O–H groups in total. The van der Waals surface area contributed by atoms with Crippen molar-refractivity contribution in [3.63, 3.8) is 0 Å². The Balaban J connectivity index is 1.75. The Labute approximate surface area is 117 Å². The third kappa shape index (κ3) is 2.50. The minimum absolute atomic E-state index is 0.415. The lowest BCUT2D eigenvalue weighted by molar-refractivity contribution is -0.0588. The van der Waals surface area contributed by atoms with E-state index in [1.807, 2.05) is 0 Å².